The highest BCUT2D eigenvalue weighted by atomic mass is 16.5. The van der Waals surface area contributed by atoms with E-state index in [0.29, 0.717) is 51.8 Å². The molecule has 6 rings (SSSR count). The number of hydrogen-bond acceptors (Lipinski definition) is 7. The van der Waals surface area contributed by atoms with E-state index in [1.807, 2.05) is 12.2 Å². The number of aryl methyl sites for hydroxylation is 3. The second kappa shape index (κ2) is 7.32. The maximum absolute atomic E-state index is 14.5. The Labute approximate surface area is 207 Å². The van der Waals surface area contributed by atoms with Crippen LogP contribution in [-0.2, 0) is 11.2 Å². The van der Waals surface area contributed by atoms with Crippen LogP contribution in [-0.4, -0.2) is 22.0 Å². The first-order valence-corrected chi connectivity index (χ1v) is 12.1. The molecule has 2 N–H and O–H groups in total. The molecular weight excluding hydrogens is 460 g/mol. The number of esters is 1. The molecule has 3 aliphatic rings. The first kappa shape index (κ1) is 22.6. The predicted molar refractivity (Wildman–Crippen MR) is 132 cm³/mol. The number of fused-ring (bicyclic) bond motifs is 1. The SMILES string of the molecule is Cc1cc(O)c2c3c1OC(=O)[C@@]1(C(=O)c4cc5c(C)c(O)cc(C)c5oc4=O)[C@@H](C)C=C[C@@H](CC2)[C@H]31. The molecule has 0 radical (unpaired) electrons. The number of ketones is 1. The molecule has 2 aliphatic carbocycles. The van der Waals surface area contributed by atoms with Gasteiger partial charge in [0.1, 0.15) is 33.8 Å². The summed E-state index contributed by atoms with van der Waals surface area (Å²) in [4.78, 5) is 41.6. The summed E-state index contributed by atoms with van der Waals surface area (Å²) in [5.41, 5.74) is 0.530. The van der Waals surface area contributed by atoms with E-state index in [2.05, 4.69) is 0 Å². The summed E-state index contributed by atoms with van der Waals surface area (Å²) in [6.07, 6.45) is 5.14. The van der Waals surface area contributed by atoms with Crippen molar-refractivity contribution in [1.29, 1.82) is 0 Å². The zero-order chi connectivity index (χ0) is 25.7. The van der Waals surface area contributed by atoms with Gasteiger partial charge >= 0.3 is 11.6 Å². The van der Waals surface area contributed by atoms with Crippen molar-refractivity contribution in [3.8, 4) is 17.2 Å². The zero-order valence-electron chi connectivity index (χ0n) is 20.5. The minimum absolute atomic E-state index is 0.0216. The van der Waals surface area contributed by atoms with Crippen LogP contribution in [0.4, 0.5) is 0 Å². The zero-order valence-corrected chi connectivity index (χ0v) is 20.5. The van der Waals surface area contributed by atoms with Gasteiger partial charge in [0, 0.05) is 28.0 Å². The number of benzene rings is 2. The van der Waals surface area contributed by atoms with Gasteiger partial charge in [-0.15, -0.1) is 0 Å². The number of hydrogen-bond donors (Lipinski definition) is 2. The van der Waals surface area contributed by atoms with E-state index >= 15 is 0 Å². The molecule has 2 heterocycles. The van der Waals surface area contributed by atoms with E-state index < -0.39 is 34.6 Å². The van der Waals surface area contributed by atoms with E-state index in [9.17, 15) is 24.6 Å². The van der Waals surface area contributed by atoms with Crippen LogP contribution in [0.5, 0.6) is 17.2 Å². The van der Waals surface area contributed by atoms with Crippen molar-refractivity contribution in [2.75, 3.05) is 0 Å². The Morgan fingerprint density at radius 2 is 1.75 bits per heavy atom. The van der Waals surface area contributed by atoms with Crippen molar-refractivity contribution in [1.82, 2.24) is 0 Å². The number of allylic oxidation sites excluding steroid dienone is 2. The second-order valence-electron chi connectivity index (χ2n) is 10.4. The second-order valence-corrected chi connectivity index (χ2v) is 10.4. The molecule has 2 aromatic carbocycles. The largest absolute Gasteiger partial charge is 0.508 e. The van der Waals surface area contributed by atoms with Gasteiger partial charge in [-0.05, 0) is 74.8 Å². The quantitative estimate of drug-likeness (QED) is 0.134. The van der Waals surface area contributed by atoms with Crippen molar-refractivity contribution in [2.45, 2.75) is 46.5 Å². The Hall–Kier alpha value is -3.87. The maximum atomic E-state index is 14.5. The van der Waals surface area contributed by atoms with Crippen LogP contribution in [0, 0.1) is 38.0 Å². The summed E-state index contributed by atoms with van der Waals surface area (Å²) in [6.45, 7) is 6.93. The number of Topliss-reactive ketones (excluding diaryl/α,β-unsaturated/α-hetero) is 1. The number of carbonyl (C=O) groups is 2. The van der Waals surface area contributed by atoms with E-state index in [4.69, 9.17) is 9.15 Å². The van der Waals surface area contributed by atoms with Crippen LogP contribution in [0.25, 0.3) is 11.0 Å². The Morgan fingerprint density at radius 3 is 2.50 bits per heavy atom. The molecule has 36 heavy (non-hydrogen) atoms. The van der Waals surface area contributed by atoms with Crippen LogP contribution in [0.15, 0.2) is 39.6 Å². The van der Waals surface area contributed by atoms with Gasteiger partial charge in [-0.25, -0.2) is 4.79 Å². The van der Waals surface area contributed by atoms with E-state index in [0.717, 1.165) is 0 Å². The summed E-state index contributed by atoms with van der Waals surface area (Å²) in [7, 11) is 0. The van der Waals surface area contributed by atoms with Gasteiger partial charge in [0.05, 0.1) is 0 Å². The van der Waals surface area contributed by atoms with E-state index in [1.165, 1.54) is 12.1 Å². The highest BCUT2D eigenvalue weighted by molar-refractivity contribution is 6.16. The third-order valence-corrected chi connectivity index (χ3v) is 8.51. The van der Waals surface area contributed by atoms with E-state index in [1.54, 1.807) is 33.8 Å². The van der Waals surface area contributed by atoms with Crippen LogP contribution in [0.3, 0.4) is 0 Å². The fourth-order valence-electron chi connectivity index (χ4n) is 6.65. The number of phenols is 2. The monoisotopic (exact) mass is 486 g/mol. The van der Waals surface area contributed by atoms with E-state index in [-0.39, 0.29) is 28.6 Å². The molecule has 1 aromatic heterocycles. The summed E-state index contributed by atoms with van der Waals surface area (Å²) in [5, 5.41) is 21.5. The third kappa shape index (κ3) is 2.66. The first-order valence-electron chi connectivity index (χ1n) is 12.1. The number of rotatable bonds is 2. The standard InChI is InChI=1S/C29H26O7/c1-12-9-20(30)15(4)18-11-19(27(33)35-24(12)18)26(32)29-14(3)5-6-16-7-8-17-21(31)10-13(2)25(36-28(29)34)22(17)23(16)29/h5-6,9-11,14,16,23,30-31H,7-8H2,1-4H3/t14-,16-,23+,29-/m0/s1. The van der Waals surface area contributed by atoms with Crippen LogP contribution in [0.1, 0.15) is 57.4 Å². The number of phenolic OH excluding ortho intramolecular Hbond substituents is 2. The summed E-state index contributed by atoms with van der Waals surface area (Å²) in [5.74, 6) is -2.10. The number of ether oxygens (including phenoxy) is 1. The predicted octanol–water partition coefficient (Wildman–Crippen LogP) is 4.77. The van der Waals surface area contributed by atoms with Gasteiger partial charge in [0.25, 0.3) is 0 Å². The Morgan fingerprint density at radius 1 is 1.03 bits per heavy atom. The fourth-order valence-corrected chi connectivity index (χ4v) is 6.65. The smallest absolute Gasteiger partial charge is 0.347 e. The van der Waals surface area contributed by atoms with Gasteiger partial charge in [-0.3, -0.25) is 9.59 Å². The summed E-state index contributed by atoms with van der Waals surface area (Å²) in [6, 6.07) is 4.53. The molecule has 4 atom stereocenters. The van der Waals surface area contributed by atoms with Gasteiger partial charge in [0.15, 0.2) is 5.78 Å². The highest BCUT2D eigenvalue weighted by Crippen LogP contribution is 2.62. The molecule has 184 valence electrons. The van der Waals surface area contributed by atoms with Crippen molar-refractivity contribution >= 4 is 22.7 Å². The molecule has 0 saturated carbocycles. The van der Waals surface area contributed by atoms with Crippen LogP contribution < -0.4 is 10.4 Å². The molecule has 3 aromatic rings. The van der Waals surface area contributed by atoms with Gasteiger partial charge in [-0.2, -0.15) is 0 Å². The average molecular weight is 487 g/mol. The highest BCUT2D eigenvalue weighted by Gasteiger charge is 2.64. The molecule has 7 nitrogen and oxygen atoms in total. The average Bonchev–Trinajstić information content (AvgIpc) is 2.84. The summed E-state index contributed by atoms with van der Waals surface area (Å²) < 4.78 is 11.5. The molecule has 0 fully saturated rings. The van der Waals surface area contributed by atoms with Crippen LogP contribution >= 0.6 is 0 Å². The molecule has 0 saturated heterocycles. The lowest BCUT2D eigenvalue weighted by molar-refractivity contribution is -0.149. The Bertz CT molecular complexity index is 1610. The minimum Gasteiger partial charge on any atom is -0.508 e. The van der Waals surface area contributed by atoms with Crippen molar-refractivity contribution in [3.05, 3.63) is 74.2 Å². The number of aromatic hydroxyl groups is 2. The lowest BCUT2D eigenvalue weighted by Crippen LogP contribution is -2.58. The lowest BCUT2D eigenvalue weighted by atomic mass is 9.51. The lowest BCUT2D eigenvalue weighted by Gasteiger charge is -2.51. The third-order valence-electron chi connectivity index (χ3n) is 8.51. The summed E-state index contributed by atoms with van der Waals surface area (Å²) >= 11 is 0. The van der Waals surface area contributed by atoms with Gasteiger partial charge < -0.3 is 19.4 Å². The maximum Gasteiger partial charge on any atom is 0.347 e. The molecule has 0 bridgehead atoms. The molecule has 7 heteroatoms. The van der Waals surface area contributed by atoms with Crippen molar-refractivity contribution in [3.63, 3.8) is 0 Å². The van der Waals surface area contributed by atoms with Crippen molar-refractivity contribution < 1.29 is 29.0 Å². The molecule has 0 amide bonds. The Balaban J connectivity index is 1.65. The molecular formula is C29H26O7. The molecule has 0 spiro atoms. The molecule has 1 aliphatic heterocycles. The van der Waals surface area contributed by atoms with Gasteiger partial charge in [-0.1, -0.05) is 19.1 Å². The van der Waals surface area contributed by atoms with Crippen molar-refractivity contribution in [2.24, 2.45) is 17.3 Å². The topological polar surface area (TPSA) is 114 Å². The molecule has 0 unspecified atom stereocenters. The first-order chi connectivity index (χ1) is 17.1. The fraction of sp³-hybridized carbons (Fsp3) is 0.345. The van der Waals surface area contributed by atoms with Crippen LogP contribution in [0.2, 0.25) is 0 Å². The Kier molecular flexibility index (Phi) is 4.59. The number of carbonyl (C=O) groups excluding carboxylic acids is 2. The van der Waals surface area contributed by atoms with Gasteiger partial charge in [0.2, 0.25) is 0 Å². The minimum atomic E-state index is -1.69. The normalized spacial score (nSPS) is 26.0.